The molecule has 2 aromatic carbocycles. The van der Waals surface area contributed by atoms with E-state index >= 15 is 0 Å². The van der Waals surface area contributed by atoms with Crippen LogP contribution in [0.15, 0.2) is 47.0 Å². The summed E-state index contributed by atoms with van der Waals surface area (Å²) < 4.78 is 11.7. The maximum atomic E-state index is 6.30. The van der Waals surface area contributed by atoms with Crippen molar-refractivity contribution in [3.63, 3.8) is 0 Å². The van der Waals surface area contributed by atoms with Gasteiger partial charge in [-0.2, -0.15) is 0 Å². The van der Waals surface area contributed by atoms with Gasteiger partial charge in [0.25, 0.3) is 0 Å². The second-order valence-corrected chi connectivity index (χ2v) is 6.58. The third-order valence-electron chi connectivity index (χ3n) is 5.11. The maximum absolute atomic E-state index is 6.30. The van der Waals surface area contributed by atoms with Crippen molar-refractivity contribution in [2.24, 2.45) is 0 Å². The first-order valence-corrected chi connectivity index (χ1v) is 8.52. The predicted octanol–water partition coefficient (Wildman–Crippen LogP) is 4.28. The fourth-order valence-corrected chi connectivity index (χ4v) is 3.93. The lowest BCUT2D eigenvalue weighted by Gasteiger charge is -2.36. The Morgan fingerprint density at radius 2 is 1.96 bits per heavy atom. The zero-order valence-electron chi connectivity index (χ0n) is 14.2. The largest absolute Gasteiger partial charge is 0.488 e. The number of hydrogen-bond donors (Lipinski definition) is 1. The zero-order chi connectivity index (χ0) is 17.0. The Morgan fingerprint density at radius 3 is 2.72 bits per heavy atom. The Kier molecular flexibility index (Phi) is 3.04. The van der Waals surface area contributed by atoms with Gasteiger partial charge in [-0.05, 0) is 31.5 Å². The fraction of sp³-hybridized carbons (Fsp3) is 0.250. The van der Waals surface area contributed by atoms with Gasteiger partial charge in [-0.25, -0.2) is 0 Å². The standard InChI is InChI=1S/C20H19N3O2/c1-12-18(13(2)25-22-12)15-8-9-16-19-20(15)24-10-17(23(19)11-21-16)14-6-4-3-5-7-14/h3-9,17,21H,10-11H2,1-2H3. The molecule has 0 fully saturated rings. The highest BCUT2D eigenvalue weighted by molar-refractivity contribution is 5.91. The molecule has 126 valence electrons. The van der Waals surface area contributed by atoms with Crippen LogP contribution >= 0.6 is 0 Å². The van der Waals surface area contributed by atoms with Gasteiger partial charge in [0.05, 0.1) is 29.7 Å². The third-order valence-corrected chi connectivity index (χ3v) is 5.11. The van der Waals surface area contributed by atoms with E-state index < -0.39 is 0 Å². The SMILES string of the molecule is Cc1noc(C)c1-c1ccc2c3c1OCC(c1ccccc1)N3CN2. The minimum atomic E-state index is 0.211. The van der Waals surface area contributed by atoms with Gasteiger partial charge in [-0.15, -0.1) is 0 Å². The Morgan fingerprint density at radius 1 is 1.12 bits per heavy atom. The molecule has 2 aliphatic heterocycles. The van der Waals surface area contributed by atoms with Crippen LogP contribution in [0, 0.1) is 13.8 Å². The van der Waals surface area contributed by atoms with Crippen LogP contribution in [-0.4, -0.2) is 18.4 Å². The summed E-state index contributed by atoms with van der Waals surface area (Å²) in [7, 11) is 0. The summed E-state index contributed by atoms with van der Waals surface area (Å²) >= 11 is 0. The molecule has 0 aliphatic carbocycles. The van der Waals surface area contributed by atoms with E-state index in [1.807, 2.05) is 19.9 Å². The fourth-order valence-electron chi connectivity index (χ4n) is 3.93. The van der Waals surface area contributed by atoms with Crippen LogP contribution in [0.25, 0.3) is 11.1 Å². The average molecular weight is 333 g/mol. The van der Waals surface area contributed by atoms with Crippen molar-refractivity contribution in [1.82, 2.24) is 5.16 Å². The van der Waals surface area contributed by atoms with Crippen LogP contribution in [0.5, 0.6) is 5.75 Å². The summed E-state index contributed by atoms with van der Waals surface area (Å²) in [5.74, 6) is 1.74. The van der Waals surface area contributed by atoms with Crippen molar-refractivity contribution in [1.29, 1.82) is 0 Å². The van der Waals surface area contributed by atoms with Crippen LogP contribution in [0.4, 0.5) is 11.4 Å². The smallest absolute Gasteiger partial charge is 0.152 e. The Hall–Kier alpha value is -2.95. The molecule has 1 unspecified atom stereocenters. The van der Waals surface area contributed by atoms with Crippen LogP contribution in [0.2, 0.25) is 0 Å². The molecule has 1 N–H and O–H groups in total. The molecule has 0 saturated carbocycles. The summed E-state index contributed by atoms with van der Waals surface area (Å²) in [6.45, 7) is 5.33. The first-order chi connectivity index (χ1) is 12.2. The highest BCUT2D eigenvalue weighted by Crippen LogP contribution is 2.52. The van der Waals surface area contributed by atoms with Gasteiger partial charge < -0.3 is 19.5 Å². The van der Waals surface area contributed by atoms with Gasteiger partial charge in [0, 0.05) is 5.56 Å². The second-order valence-electron chi connectivity index (χ2n) is 6.58. The molecule has 25 heavy (non-hydrogen) atoms. The van der Waals surface area contributed by atoms with Crippen molar-refractivity contribution in [2.45, 2.75) is 19.9 Å². The van der Waals surface area contributed by atoms with Crippen molar-refractivity contribution in [2.75, 3.05) is 23.5 Å². The first-order valence-electron chi connectivity index (χ1n) is 8.52. The number of anilines is 2. The molecule has 3 aromatic rings. The zero-order valence-corrected chi connectivity index (χ0v) is 14.2. The molecule has 1 aromatic heterocycles. The molecule has 0 radical (unpaired) electrons. The number of nitrogens with one attached hydrogen (secondary N) is 1. The molecular weight excluding hydrogens is 314 g/mol. The van der Waals surface area contributed by atoms with E-state index in [1.54, 1.807) is 0 Å². The number of nitrogens with zero attached hydrogens (tertiary/aromatic N) is 2. The summed E-state index contributed by atoms with van der Waals surface area (Å²) in [5.41, 5.74) is 6.49. The van der Waals surface area contributed by atoms with E-state index in [0.29, 0.717) is 6.61 Å². The van der Waals surface area contributed by atoms with E-state index in [2.05, 4.69) is 51.8 Å². The highest BCUT2D eigenvalue weighted by atomic mass is 16.5. The lowest BCUT2D eigenvalue weighted by molar-refractivity contribution is 0.269. The summed E-state index contributed by atoms with van der Waals surface area (Å²) in [6.07, 6.45) is 0. The molecule has 5 rings (SSSR count). The van der Waals surface area contributed by atoms with Gasteiger partial charge in [-0.1, -0.05) is 35.5 Å². The summed E-state index contributed by atoms with van der Waals surface area (Å²) in [6, 6.07) is 15.0. The Bertz CT molecular complexity index is 930. The van der Waals surface area contributed by atoms with Crippen molar-refractivity contribution < 1.29 is 9.26 Å². The number of aryl methyl sites for hydroxylation is 2. The van der Waals surface area contributed by atoms with Crippen LogP contribution in [0.3, 0.4) is 0 Å². The number of aromatic nitrogens is 1. The van der Waals surface area contributed by atoms with Crippen LogP contribution in [-0.2, 0) is 0 Å². The molecule has 0 spiro atoms. The average Bonchev–Trinajstić information content (AvgIpc) is 3.22. The molecule has 0 amide bonds. The Balaban J connectivity index is 1.66. The molecule has 0 saturated heterocycles. The number of hydrogen-bond acceptors (Lipinski definition) is 5. The second kappa shape index (κ2) is 5.28. The highest BCUT2D eigenvalue weighted by Gasteiger charge is 2.36. The minimum Gasteiger partial charge on any atom is -0.488 e. The van der Waals surface area contributed by atoms with E-state index in [4.69, 9.17) is 9.26 Å². The number of benzene rings is 2. The summed E-state index contributed by atoms with van der Waals surface area (Å²) in [5, 5.41) is 7.59. The summed E-state index contributed by atoms with van der Waals surface area (Å²) in [4.78, 5) is 2.39. The maximum Gasteiger partial charge on any atom is 0.152 e. The first kappa shape index (κ1) is 14.4. The lowest BCUT2D eigenvalue weighted by atomic mass is 9.98. The Labute approximate surface area is 146 Å². The van der Waals surface area contributed by atoms with Gasteiger partial charge >= 0.3 is 0 Å². The molecule has 3 heterocycles. The monoisotopic (exact) mass is 333 g/mol. The van der Waals surface area contributed by atoms with E-state index in [1.165, 1.54) is 5.56 Å². The van der Waals surface area contributed by atoms with Crippen molar-refractivity contribution in [3.8, 4) is 16.9 Å². The quantitative estimate of drug-likeness (QED) is 0.758. The number of ether oxygens (including phenoxy) is 1. The van der Waals surface area contributed by atoms with Crippen LogP contribution in [0.1, 0.15) is 23.1 Å². The molecule has 0 bridgehead atoms. The molecule has 2 aliphatic rings. The molecule has 5 nitrogen and oxygen atoms in total. The molecule has 5 heteroatoms. The minimum absolute atomic E-state index is 0.211. The lowest BCUT2D eigenvalue weighted by Crippen LogP contribution is -2.35. The van der Waals surface area contributed by atoms with E-state index in [9.17, 15) is 0 Å². The van der Waals surface area contributed by atoms with Crippen molar-refractivity contribution >= 4 is 11.4 Å². The topological polar surface area (TPSA) is 50.5 Å². The van der Waals surface area contributed by atoms with Crippen LogP contribution < -0.4 is 15.0 Å². The van der Waals surface area contributed by atoms with Gasteiger partial charge in [0.2, 0.25) is 0 Å². The van der Waals surface area contributed by atoms with E-state index in [-0.39, 0.29) is 6.04 Å². The third kappa shape index (κ3) is 2.05. The van der Waals surface area contributed by atoms with Crippen molar-refractivity contribution in [3.05, 3.63) is 59.5 Å². The van der Waals surface area contributed by atoms with Gasteiger partial charge in [0.15, 0.2) is 5.75 Å². The van der Waals surface area contributed by atoms with E-state index in [0.717, 1.165) is 46.4 Å². The van der Waals surface area contributed by atoms with Gasteiger partial charge in [-0.3, -0.25) is 0 Å². The predicted molar refractivity (Wildman–Crippen MR) is 97.1 cm³/mol. The molecule has 1 atom stereocenters. The normalized spacial score (nSPS) is 17.8. The molecular formula is C20H19N3O2. The van der Waals surface area contributed by atoms with Gasteiger partial charge in [0.1, 0.15) is 18.1 Å². The number of rotatable bonds is 2.